The normalized spacial score (nSPS) is 12.7. The van der Waals surface area contributed by atoms with Crippen LogP contribution in [0.25, 0.3) is 112 Å². The first-order valence-corrected chi connectivity index (χ1v) is 21.8. The Morgan fingerprint density at radius 1 is 0.328 bits per heavy atom. The summed E-state index contributed by atoms with van der Waals surface area (Å²) < 4.78 is 6.58. The van der Waals surface area contributed by atoms with Gasteiger partial charge in [0, 0.05) is 32.9 Å². The quantitative estimate of drug-likeness (QED) is 0.161. The van der Waals surface area contributed by atoms with E-state index in [1.807, 2.05) is 18.2 Å². The largest absolute Gasteiger partial charge is 0.456 e. The van der Waals surface area contributed by atoms with Crippen LogP contribution in [0.1, 0.15) is 25.0 Å². The van der Waals surface area contributed by atoms with Crippen LogP contribution in [0.4, 0.5) is 0 Å². The lowest BCUT2D eigenvalue weighted by Crippen LogP contribution is -2.16. The highest BCUT2D eigenvalue weighted by Crippen LogP contribution is 2.52. The van der Waals surface area contributed by atoms with Gasteiger partial charge < -0.3 is 4.42 Å². The SMILES string of the molecule is CC1(C)c2ccccc2-c2cccc(-c3cccc(-c4nc(-c5cccc(-c6ccc(-c7ccccc7)cc6)c5)nc(-c5ccc6c(c5)oc5cccc(-c7ccccc7)c56)n4)c3)c21. The summed E-state index contributed by atoms with van der Waals surface area (Å²) >= 11 is 0. The average Bonchev–Trinajstić information content (AvgIpc) is 3.86. The van der Waals surface area contributed by atoms with Gasteiger partial charge in [-0.3, -0.25) is 0 Å². The zero-order valence-corrected chi connectivity index (χ0v) is 35.5. The summed E-state index contributed by atoms with van der Waals surface area (Å²) in [6, 6.07) is 74.9. The van der Waals surface area contributed by atoms with Gasteiger partial charge in [-0.15, -0.1) is 0 Å². The lowest BCUT2D eigenvalue weighted by atomic mass is 9.79. The van der Waals surface area contributed by atoms with Crippen molar-refractivity contribution < 1.29 is 4.42 Å². The Morgan fingerprint density at radius 2 is 0.797 bits per heavy atom. The highest BCUT2D eigenvalue weighted by Gasteiger charge is 2.37. The molecule has 302 valence electrons. The Hall–Kier alpha value is -8.21. The van der Waals surface area contributed by atoms with Crippen LogP contribution >= 0.6 is 0 Å². The smallest absolute Gasteiger partial charge is 0.164 e. The standard InChI is InChI=1S/C60H41N3O/c1-60(2)52-27-10-9-23-49(52)50-26-13-25-48(56(50)60)43-20-12-22-45(36-43)58-61-57(44-21-11-19-42(35-44)40-31-29-39(30-32-40)38-15-5-3-6-16-38)62-59(63-58)46-33-34-51-54(37-46)64-53-28-14-24-47(55(51)53)41-17-7-4-8-18-41/h3-37H,1-2H3. The van der Waals surface area contributed by atoms with Crippen molar-refractivity contribution in [2.45, 2.75) is 19.3 Å². The molecule has 1 aliphatic carbocycles. The Bertz CT molecular complexity index is 3570. The molecule has 4 heteroatoms. The van der Waals surface area contributed by atoms with E-state index in [4.69, 9.17) is 19.4 Å². The first-order valence-electron chi connectivity index (χ1n) is 21.8. The molecule has 0 unspecified atom stereocenters. The average molecular weight is 820 g/mol. The molecular weight excluding hydrogens is 779 g/mol. The van der Waals surface area contributed by atoms with E-state index in [-0.39, 0.29) is 5.41 Å². The molecule has 0 fully saturated rings. The van der Waals surface area contributed by atoms with Crippen molar-refractivity contribution in [1.29, 1.82) is 0 Å². The molecule has 0 radical (unpaired) electrons. The fraction of sp³-hybridized carbons (Fsp3) is 0.0500. The Morgan fingerprint density at radius 3 is 1.52 bits per heavy atom. The van der Waals surface area contributed by atoms with Gasteiger partial charge in [0.15, 0.2) is 17.5 Å². The molecule has 0 saturated heterocycles. The molecule has 64 heavy (non-hydrogen) atoms. The maximum atomic E-state index is 6.58. The van der Waals surface area contributed by atoms with Crippen molar-refractivity contribution in [2.75, 3.05) is 0 Å². The summed E-state index contributed by atoms with van der Waals surface area (Å²) in [7, 11) is 0. The van der Waals surface area contributed by atoms with Crippen LogP contribution in [-0.2, 0) is 5.41 Å². The molecule has 2 aromatic heterocycles. The van der Waals surface area contributed by atoms with E-state index < -0.39 is 0 Å². The molecule has 0 bridgehead atoms. The summed E-state index contributed by atoms with van der Waals surface area (Å²) in [5, 5.41) is 2.14. The summed E-state index contributed by atoms with van der Waals surface area (Å²) in [6.07, 6.45) is 0. The predicted molar refractivity (Wildman–Crippen MR) is 263 cm³/mol. The third kappa shape index (κ3) is 6.34. The van der Waals surface area contributed by atoms with E-state index in [0.717, 1.165) is 66.4 Å². The van der Waals surface area contributed by atoms with Gasteiger partial charge in [-0.1, -0.05) is 196 Å². The molecular formula is C60H41N3O. The third-order valence-electron chi connectivity index (χ3n) is 12.9. The van der Waals surface area contributed by atoms with Crippen molar-refractivity contribution in [3.05, 3.63) is 223 Å². The van der Waals surface area contributed by atoms with Crippen molar-refractivity contribution >= 4 is 21.9 Å². The monoisotopic (exact) mass is 819 g/mol. The van der Waals surface area contributed by atoms with E-state index in [1.165, 1.54) is 38.9 Å². The molecule has 0 saturated carbocycles. The first-order chi connectivity index (χ1) is 31.5. The van der Waals surface area contributed by atoms with Gasteiger partial charge in [0.1, 0.15) is 11.2 Å². The second-order valence-electron chi connectivity index (χ2n) is 17.2. The van der Waals surface area contributed by atoms with Gasteiger partial charge in [0.25, 0.3) is 0 Å². The third-order valence-corrected chi connectivity index (χ3v) is 12.9. The topological polar surface area (TPSA) is 51.8 Å². The summed E-state index contributed by atoms with van der Waals surface area (Å²) in [6.45, 7) is 4.67. The first kappa shape index (κ1) is 37.5. The molecule has 9 aromatic carbocycles. The zero-order chi connectivity index (χ0) is 42.8. The molecule has 0 amide bonds. The highest BCUT2D eigenvalue weighted by atomic mass is 16.3. The molecule has 1 aliphatic rings. The van der Waals surface area contributed by atoms with Crippen LogP contribution in [-0.4, -0.2) is 15.0 Å². The molecule has 2 heterocycles. The molecule has 0 atom stereocenters. The number of fused-ring (bicyclic) bond motifs is 6. The minimum atomic E-state index is -0.157. The van der Waals surface area contributed by atoms with Gasteiger partial charge in [0.05, 0.1) is 0 Å². The second-order valence-corrected chi connectivity index (χ2v) is 17.2. The molecule has 12 rings (SSSR count). The van der Waals surface area contributed by atoms with Gasteiger partial charge in [-0.2, -0.15) is 0 Å². The van der Waals surface area contributed by atoms with Crippen molar-refractivity contribution in [3.8, 4) is 89.8 Å². The number of hydrogen-bond donors (Lipinski definition) is 0. The van der Waals surface area contributed by atoms with Crippen LogP contribution in [0.3, 0.4) is 0 Å². The maximum Gasteiger partial charge on any atom is 0.164 e. The number of nitrogens with zero attached hydrogens (tertiary/aromatic N) is 3. The summed E-state index contributed by atoms with van der Waals surface area (Å²) in [5.74, 6) is 1.78. The number of benzene rings is 9. The fourth-order valence-corrected chi connectivity index (χ4v) is 9.82. The van der Waals surface area contributed by atoms with Crippen LogP contribution in [0, 0.1) is 0 Å². The van der Waals surface area contributed by atoms with E-state index >= 15 is 0 Å². The lowest BCUT2D eigenvalue weighted by molar-refractivity contribution is 0.662. The Labute approximate surface area is 372 Å². The number of rotatable bonds is 7. The van der Waals surface area contributed by atoms with Gasteiger partial charge >= 0.3 is 0 Å². The van der Waals surface area contributed by atoms with Crippen molar-refractivity contribution in [3.63, 3.8) is 0 Å². The highest BCUT2D eigenvalue weighted by molar-refractivity contribution is 6.13. The van der Waals surface area contributed by atoms with Gasteiger partial charge in [-0.05, 0) is 97.1 Å². The number of aromatic nitrogens is 3. The van der Waals surface area contributed by atoms with Crippen molar-refractivity contribution in [1.82, 2.24) is 15.0 Å². The van der Waals surface area contributed by atoms with E-state index in [1.54, 1.807) is 0 Å². The van der Waals surface area contributed by atoms with Crippen LogP contribution in [0.2, 0.25) is 0 Å². The molecule has 0 aliphatic heterocycles. The van der Waals surface area contributed by atoms with E-state index in [2.05, 4.69) is 208 Å². The minimum Gasteiger partial charge on any atom is -0.456 e. The van der Waals surface area contributed by atoms with E-state index in [9.17, 15) is 0 Å². The van der Waals surface area contributed by atoms with Gasteiger partial charge in [0.2, 0.25) is 0 Å². The molecule has 4 nitrogen and oxygen atoms in total. The van der Waals surface area contributed by atoms with Gasteiger partial charge in [-0.25, -0.2) is 15.0 Å². The van der Waals surface area contributed by atoms with Crippen LogP contribution in [0.5, 0.6) is 0 Å². The summed E-state index contributed by atoms with van der Waals surface area (Å²) in [5.41, 5.74) is 18.6. The second kappa shape index (κ2) is 15.0. The predicted octanol–water partition coefficient (Wildman–Crippen LogP) is 15.7. The Kier molecular flexibility index (Phi) is 8.80. The Balaban J connectivity index is 0.993. The van der Waals surface area contributed by atoms with E-state index in [0.29, 0.717) is 17.5 Å². The summed E-state index contributed by atoms with van der Waals surface area (Å²) in [4.78, 5) is 15.7. The zero-order valence-electron chi connectivity index (χ0n) is 35.5. The number of hydrogen-bond acceptors (Lipinski definition) is 4. The lowest BCUT2D eigenvalue weighted by Gasteiger charge is -2.24. The van der Waals surface area contributed by atoms with Crippen LogP contribution in [0.15, 0.2) is 217 Å². The molecule has 0 spiro atoms. The number of furan rings is 1. The minimum absolute atomic E-state index is 0.157. The maximum absolute atomic E-state index is 6.58. The van der Waals surface area contributed by atoms with Crippen LogP contribution < -0.4 is 0 Å². The molecule has 11 aromatic rings. The van der Waals surface area contributed by atoms with Crippen molar-refractivity contribution in [2.24, 2.45) is 0 Å². The molecule has 0 N–H and O–H groups in total. The fourth-order valence-electron chi connectivity index (χ4n) is 9.82.